The minimum atomic E-state index is -3.53. The minimum Gasteiger partial charge on any atom is -0.338 e. The number of hydrogen-bond donors (Lipinski definition) is 2. The van der Waals surface area contributed by atoms with Gasteiger partial charge >= 0.3 is 6.03 Å². The van der Waals surface area contributed by atoms with Gasteiger partial charge in [0, 0.05) is 24.8 Å². The molecule has 1 unspecified atom stereocenters. The number of carbonyl (C=O) groups excluding carboxylic acids is 1. The Morgan fingerprint density at radius 3 is 2.33 bits per heavy atom. The Bertz CT molecular complexity index is 967. The average Bonchev–Trinajstić information content (AvgIpc) is 2.68. The maximum absolute atomic E-state index is 13.1. The molecule has 1 atom stereocenters. The standard InChI is InChI=1S/C23H31N3O3S/c1-17-7-9-22(10-8-17)30(28,29)26-13-5-4-6-21(26)11-12-24-23(27)25-20-15-18(2)14-19(3)16-20/h7-10,14-16,21H,4-6,11-13H2,1-3H3,(H2,24,25,27). The second kappa shape index (κ2) is 9.62. The molecule has 0 aromatic heterocycles. The van der Waals surface area contributed by atoms with Crippen LogP contribution in [0.5, 0.6) is 0 Å². The molecule has 0 bridgehead atoms. The molecular weight excluding hydrogens is 398 g/mol. The van der Waals surface area contributed by atoms with Crippen molar-refractivity contribution in [2.24, 2.45) is 0 Å². The molecule has 30 heavy (non-hydrogen) atoms. The number of amides is 2. The van der Waals surface area contributed by atoms with Gasteiger partial charge in [0.05, 0.1) is 4.90 Å². The van der Waals surface area contributed by atoms with Gasteiger partial charge in [0.25, 0.3) is 0 Å². The Kier molecular flexibility index (Phi) is 7.15. The van der Waals surface area contributed by atoms with E-state index >= 15 is 0 Å². The minimum absolute atomic E-state index is 0.105. The number of urea groups is 1. The van der Waals surface area contributed by atoms with Gasteiger partial charge in [0.15, 0.2) is 0 Å². The van der Waals surface area contributed by atoms with E-state index in [-0.39, 0.29) is 12.1 Å². The van der Waals surface area contributed by atoms with Crippen LogP contribution in [0.15, 0.2) is 47.4 Å². The number of nitrogens with zero attached hydrogens (tertiary/aromatic N) is 1. The van der Waals surface area contributed by atoms with E-state index < -0.39 is 10.0 Å². The maximum Gasteiger partial charge on any atom is 0.319 e. The van der Waals surface area contributed by atoms with Crippen LogP contribution in [-0.4, -0.2) is 37.9 Å². The molecule has 2 aromatic carbocycles. The molecular formula is C23H31N3O3S. The molecule has 0 radical (unpaired) electrons. The summed E-state index contributed by atoms with van der Waals surface area (Å²) in [6, 6.07) is 12.5. The highest BCUT2D eigenvalue weighted by atomic mass is 32.2. The Balaban J connectivity index is 1.59. The first kappa shape index (κ1) is 22.3. The molecule has 1 fully saturated rings. The van der Waals surface area contributed by atoms with Gasteiger partial charge in [-0.1, -0.05) is 30.2 Å². The van der Waals surface area contributed by atoms with Gasteiger partial charge in [-0.05, 0) is 75.4 Å². The lowest BCUT2D eigenvalue weighted by Gasteiger charge is -2.34. The van der Waals surface area contributed by atoms with Gasteiger partial charge in [-0.25, -0.2) is 13.2 Å². The SMILES string of the molecule is Cc1ccc(S(=O)(=O)N2CCCCC2CCNC(=O)Nc2cc(C)cc(C)c2)cc1. The van der Waals surface area contributed by atoms with E-state index in [1.165, 1.54) is 0 Å². The molecule has 7 heteroatoms. The molecule has 2 aromatic rings. The topological polar surface area (TPSA) is 78.5 Å². The molecule has 1 aliphatic heterocycles. The number of rotatable bonds is 6. The van der Waals surface area contributed by atoms with Crippen molar-refractivity contribution in [2.45, 2.75) is 57.4 Å². The first-order valence-corrected chi connectivity index (χ1v) is 11.9. The quantitative estimate of drug-likeness (QED) is 0.716. The van der Waals surface area contributed by atoms with Crippen LogP contribution in [0.25, 0.3) is 0 Å². The van der Waals surface area contributed by atoms with Gasteiger partial charge in [0.1, 0.15) is 0 Å². The van der Waals surface area contributed by atoms with E-state index in [9.17, 15) is 13.2 Å². The zero-order chi connectivity index (χ0) is 21.7. The fraction of sp³-hybridized carbons (Fsp3) is 0.435. The number of sulfonamides is 1. The number of anilines is 1. The van der Waals surface area contributed by atoms with Crippen molar-refractivity contribution < 1.29 is 13.2 Å². The van der Waals surface area contributed by atoms with Crippen LogP contribution >= 0.6 is 0 Å². The summed E-state index contributed by atoms with van der Waals surface area (Å²) in [7, 11) is -3.53. The van der Waals surface area contributed by atoms with Crippen LogP contribution in [0.1, 0.15) is 42.4 Å². The summed E-state index contributed by atoms with van der Waals surface area (Å²) in [5.74, 6) is 0. The molecule has 0 saturated carbocycles. The molecule has 0 spiro atoms. The van der Waals surface area contributed by atoms with Gasteiger partial charge in [0.2, 0.25) is 10.0 Å². The smallest absolute Gasteiger partial charge is 0.319 e. The molecule has 1 aliphatic rings. The predicted octanol–water partition coefficient (Wildman–Crippen LogP) is 4.37. The molecule has 2 amide bonds. The van der Waals surface area contributed by atoms with Crippen molar-refractivity contribution in [2.75, 3.05) is 18.4 Å². The Morgan fingerprint density at radius 1 is 1.00 bits per heavy atom. The van der Waals surface area contributed by atoms with Crippen LogP contribution in [0, 0.1) is 20.8 Å². The number of aryl methyl sites for hydroxylation is 3. The molecule has 162 valence electrons. The highest BCUT2D eigenvalue weighted by Gasteiger charge is 2.33. The molecule has 1 heterocycles. The molecule has 1 saturated heterocycles. The number of nitrogens with one attached hydrogen (secondary N) is 2. The summed E-state index contributed by atoms with van der Waals surface area (Å²) in [5.41, 5.74) is 3.96. The Labute approximate surface area is 179 Å². The second-order valence-corrected chi connectivity index (χ2v) is 10.0. The van der Waals surface area contributed by atoms with E-state index in [0.717, 1.165) is 41.6 Å². The second-order valence-electron chi connectivity index (χ2n) is 8.12. The monoisotopic (exact) mass is 429 g/mol. The maximum atomic E-state index is 13.1. The fourth-order valence-corrected chi connectivity index (χ4v) is 5.72. The average molecular weight is 430 g/mol. The number of piperidine rings is 1. The van der Waals surface area contributed by atoms with Crippen LogP contribution in [0.3, 0.4) is 0 Å². The Morgan fingerprint density at radius 2 is 1.67 bits per heavy atom. The first-order valence-electron chi connectivity index (χ1n) is 10.5. The van der Waals surface area contributed by atoms with Crippen molar-refractivity contribution in [1.82, 2.24) is 9.62 Å². The lowest BCUT2D eigenvalue weighted by atomic mass is 10.0. The Hall–Kier alpha value is -2.38. The number of hydrogen-bond acceptors (Lipinski definition) is 3. The van der Waals surface area contributed by atoms with Gasteiger partial charge in [-0.2, -0.15) is 4.31 Å². The summed E-state index contributed by atoms with van der Waals surface area (Å²) in [6.45, 7) is 6.86. The fourth-order valence-electron chi connectivity index (χ4n) is 4.00. The van der Waals surface area contributed by atoms with Crippen LogP contribution in [0.4, 0.5) is 10.5 Å². The van der Waals surface area contributed by atoms with Crippen molar-refractivity contribution in [3.63, 3.8) is 0 Å². The van der Waals surface area contributed by atoms with Crippen molar-refractivity contribution in [3.05, 3.63) is 59.2 Å². The lowest BCUT2D eigenvalue weighted by Crippen LogP contribution is -2.45. The summed E-state index contributed by atoms with van der Waals surface area (Å²) < 4.78 is 27.9. The highest BCUT2D eigenvalue weighted by molar-refractivity contribution is 7.89. The van der Waals surface area contributed by atoms with Crippen molar-refractivity contribution in [1.29, 1.82) is 0 Å². The first-order chi connectivity index (χ1) is 14.3. The molecule has 0 aliphatic carbocycles. The normalized spacial score (nSPS) is 17.5. The van der Waals surface area contributed by atoms with Gasteiger partial charge in [-0.3, -0.25) is 0 Å². The number of benzene rings is 2. The number of carbonyl (C=O) groups is 1. The van der Waals surface area contributed by atoms with Crippen LogP contribution in [0.2, 0.25) is 0 Å². The van der Waals surface area contributed by atoms with Crippen LogP contribution < -0.4 is 10.6 Å². The molecule has 6 nitrogen and oxygen atoms in total. The zero-order valence-corrected chi connectivity index (χ0v) is 18.8. The lowest BCUT2D eigenvalue weighted by molar-refractivity contribution is 0.234. The van der Waals surface area contributed by atoms with E-state index in [1.807, 2.05) is 45.0 Å². The summed E-state index contributed by atoms with van der Waals surface area (Å²) in [4.78, 5) is 12.6. The third-order valence-corrected chi connectivity index (χ3v) is 7.41. The summed E-state index contributed by atoms with van der Waals surface area (Å²) in [5, 5.41) is 5.72. The third kappa shape index (κ3) is 5.61. The van der Waals surface area contributed by atoms with E-state index in [1.54, 1.807) is 16.4 Å². The summed E-state index contributed by atoms with van der Waals surface area (Å²) >= 11 is 0. The summed E-state index contributed by atoms with van der Waals surface area (Å²) in [6.07, 6.45) is 3.26. The van der Waals surface area contributed by atoms with E-state index in [4.69, 9.17) is 0 Å². The highest BCUT2D eigenvalue weighted by Crippen LogP contribution is 2.27. The van der Waals surface area contributed by atoms with Crippen molar-refractivity contribution >= 4 is 21.7 Å². The van der Waals surface area contributed by atoms with E-state index in [0.29, 0.717) is 24.4 Å². The zero-order valence-electron chi connectivity index (χ0n) is 17.9. The van der Waals surface area contributed by atoms with Gasteiger partial charge in [-0.15, -0.1) is 0 Å². The molecule has 2 N–H and O–H groups in total. The molecule has 3 rings (SSSR count). The van der Waals surface area contributed by atoms with E-state index in [2.05, 4.69) is 16.7 Å². The largest absolute Gasteiger partial charge is 0.338 e. The third-order valence-electron chi connectivity index (χ3n) is 5.44. The van der Waals surface area contributed by atoms with Crippen molar-refractivity contribution in [3.8, 4) is 0 Å². The van der Waals surface area contributed by atoms with Crippen LogP contribution in [-0.2, 0) is 10.0 Å². The predicted molar refractivity (Wildman–Crippen MR) is 120 cm³/mol. The van der Waals surface area contributed by atoms with Gasteiger partial charge < -0.3 is 10.6 Å².